The third-order valence-electron chi connectivity index (χ3n) is 4.08. The third-order valence-corrected chi connectivity index (χ3v) is 4.08. The smallest absolute Gasteiger partial charge is 0.400 e. The molecule has 0 radical (unpaired) electrons. The van der Waals surface area contributed by atoms with Crippen LogP contribution < -0.4 is 5.32 Å². The molecule has 3 nitrogen and oxygen atoms in total. The maximum Gasteiger partial charge on any atom is 0.487 e. The van der Waals surface area contributed by atoms with E-state index in [4.69, 9.17) is 9.31 Å². The monoisotopic (exact) mass is 273 g/mol. The predicted molar refractivity (Wildman–Crippen MR) is 84.3 cm³/mol. The second kappa shape index (κ2) is 5.72. The number of rotatable bonds is 4. The molecule has 2 rings (SSSR count). The first-order chi connectivity index (χ1) is 9.34. The summed E-state index contributed by atoms with van der Waals surface area (Å²) in [5.41, 5.74) is 1.87. The lowest BCUT2D eigenvalue weighted by Gasteiger charge is -2.32. The highest BCUT2D eigenvalue weighted by Gasteiger charge is 2.49. The van der Waals surface area contributed by atoms with Crippen LogP contribution >= 0.6 is 0 Å². The van der Waals surface area contributed by atoms with E-state index >= 15 is 0 Å². The van der Waals surface area contributed by atoms with E-state index in [-0.39, 0.29) is 18.3 Å². The molecule has 1 aliphatic heterocycles. The summed E-state index contributed by atoms with van der Waals surface area (Å²) >= 11 is 0. The molecule has 1 aromatic rings. The molecule has 1 aromatic carbocycles. The van der Waals surface area contributed by atoms with Gasteiger partial charge < -0.3 is 14.6 Å². The molecule has 1 N–H and O–H groups in total. The van der Waals surface area contributed by atoms with Crippen molar-refractivity contribution in [3.05, 3.63) is 41.4 Å². The van der Waals surface area contributed by atoms with Gasteiger partial charge in [-0.1, -0.05) is 36.3 Å². The quantitative estimate of drug-likeness (QED) is 0.855. The zero-order chi connectivity index (χ0) is 14.8. The van der Waals surface area contributed by atoms with Gasteiger partial charge in [0, 0.05) is 6.54 Å². The van der Waals surface area contributed by atoms with Gasteiger partial charge in [0.1, 0.15) is 0 Å². The van der Waals surface area contributed by atoms with Crippen LogP contribution in [-0.4, -0.2) is 25.4 Å². The van der Waals surface area contributed by atoms with E-state index in [1.165, 1.54) is 5.56 Å². The van der Waals surface area contributed by atoms with E-state index in [9.17, 15) is 0 Å². The summed E-state index contributed by atoms with van der Waals surface area (Å²) in [7, 11) is 1.67. The molecule has 1 aliphatic rings. The van der Waals surface area contributed by atoms with Gasteiger partial charge in [0.25, 0.3) is 0 Å². The van der Waals surface area contributed by atoms with E-state index in [1.54, 1.807) is 0 Å². The Balaban J connectivity index is 2.00. The average Bonchev–Trinajstić information content (AvgIpc) is 2.57. The molecule has 1 saturated heterocycles. The van der Waals surface area contributed by atoms with Gasteiger partial charge in [0.2, 0.25) is 0 Å². The fraction of sp³-hybridized carbons (Fsp3) is 0.500. The molecule has 0 unspecified atom stereocenters. The highest BCUT2D eigenvalue weighted by atomic mass is 16.7. The highest BCUT2D eigenvalue weighted by molar-refractivity contribution is 6.52. The largest absolute Gasteiger partial charge is 0.487 e. The van der Waals surface area contributed by atoms with Crippen molar-refractivity contribution in [2.24, 2.45) is 0 Å². The van der Waals surface area contributed by atoms with Crippen LogP contribution in [0.4, 0.5) is 0 Å². The lowest BCUT2D eigenvalue weighted by Crippen LogP contribution is -2.41. The van der Waals surface area contributed by atoms with Gasteiger partial charge in [-0.25, -0.2) is 0 Å². The molecular weight excluding hydrogens is 249 g/mol. The maximum atomic E-state index is 5.93. The Bertz CT molecular complexity index is 464. The van der Waals surface area contributed by atoms with Crippen LogP contribution in [0.25, 0.3) is 6.08 Å². The van der Waals surface area contributed by atoms with Gasteiger partial charge in [-0.05, 0) is 45.9 Å². The van der Waals surface area contributed by atoms with Crippen molar-refractivity contribution in [3.8, 4) is 0 Å². The normalized spacial score (nSPS) is 20.8. The Kier molecular flexibility index (Phi) is 4.38. The Morgan fingerprint density at radius 2 is 1.60 bits per heavy atom. The van der Waals surface area contributed by atoms with Crippen molar-refractivity contribution in [1.82, 2.24) is 5.32 Å². The lowest BCUT2D eigenvalue weighted by molar-refractivity contribution is 0.00578. The van der Waals surface area contributed by atoms with E-state index in [0.29, 0.717) is 0 Å². The topological polar surface area (TPSA) is 30.5 Å². The average molecular weight is 273 g/mol. The molecule has 4 heteroatoms. The standard InChI is InChI=1S/C16H24BNO2/c1-15(2)16(3,4)20-17(19-15)11-10-13-6-8-14(9-7-13)12-18-5/h6-11,18H,12H2,1-5H3. The van der Waals surface area contributed by atoms with Gasteiger partial charge in [-0.15, -0.1) is 0 Å². The Morgan fingerprint density at radius 3 is 2.10 bits per heavy atom. The summed E-state index contributed by atoms with van der Waals surface area (Å²) in [5, 5.41) is 3.14. The summed E-state index contributed by atoms with van der Waals surface area (Å²) in [4.78, 5) is 0. The molecule has 1 heterocycles. The number of hydrogen-bond donors (Lipinski definition) is 1. The zero-order valence-electron chi connectivity index (χ0n) is 13.1. The zero-order valence-corrected chi connectivity index (χ0v) is 13.1. The molecule has 0 aliphatic carbocycles. The summed E-state index contributed by atoms with van der Waals surface area (Å²) in [6.45, 7) is 9.14. The van der Waals surface area contributed by atoms with Crippen LogP contribution in [0.15, 0.2) is 30.2 Å². The number of nitrogens with one attached hydrogen (secondary N) is 1. The first kappa shape index (κ1) is 15.3. The molecule has 1 fully saturated rings. The van der Waals surface area contributed by atoms with E-state index in [2.05, 4.69) is 57.3 Å². The van der Waals surface area contributed by atoms with Crippen molar-refractivity contribution in [3.63, 3.8) is 0 Å². The molecular formula is C16H24BNO2. The second-order valence-corrected chi connectivity index (χ2v) is 6.26. The van der Waals surface area contributed by atoms with Crippen LogP contribution in [0.5, 0.6) is 0 Å². The van der Waals surface area contributed by atoms with E-state index < -0.39 is 0 Å². The van der Waals surface area contributed by atoms with Crippen molar-refractivity contribution in [2.75, 3.05) is 7.05 Å². The summed E-state index contributed by atoms with van der Waals surface area (Å²) in [5.74, 6) is 1.98. The fourth-order valence-electron chi connectivity index (χ4n) is 2.11. The van der Waals surface area contributed by atoms with Crippen molar-refractivity contribution >= 4 is 13.2 Å². The van der Waals surface area contributed by atoms with Crippen molar-refractivity contribution in [2.45, 2.75) is 45.4 Å². The number of hydrogen-bond acceptors (Lipinski definition) is 3. The van der Waals surface area contributed by atoms with Crippen LogP contribution in [-0.2, 0) is 15.9 Å². The van der Waals surface area contributed by atoms with Crippen molar-refractivity contribution < 1.29 is 9.31 Å². The molecule has 0 spiro atoms. The first-order valence-electron chi connectivity index (χ1n) is 7.11. The van der Waals surface area contributed by atoms with Gasteiger partial charge in [-0.2, -0.15) is 0 Å². The first-order valence-corrected chi connectivity index (χ1v) is 7.11. The molecule has 0 bridgehead atoms. The third kappa shape index (κ3) is 3.32. The minimum Gasteiger partial charge on any atom is -0.400 e. The van der Waals surface area contributed by atoms with E-state index in [0.717, 1.165) is 12.1 Å². The summed E-state index contributed by atoms with van der Waals surface area (Å²) in [6.07, 6.45) is 2.05. The second-order valence-electron chi connectivity index (χ2n) is 6.26. The Labute approximate surface area is 122 Å². The van der Waals surface area contributed by atoms with Gasteiger partial charge in [-0.3, -0.25) is 0 Å². The van der Waals surface area contributed by atoms with Crippen molar-refractivity contribution in [1.29, 1.82) is 0 Å². The molecule has 0 amide bonds. The molecule has 0 saturated carbocycles. The van der Waals surface area contributed by atoms with E-state index in [1.807, 2.05) is 19.1 Å². The van der Waals surface area contributed by atoms with Gasteiger partial charge >= 0.3 is 7.12 Å². The number of benzene rings is 1. The molecule has 20 heavy (non-hydrogen) atoms. The van der Waals surface area contributed by atoms with Crippen LogP contribution in [0.2, 0.25) is 0 Å². The predicted octanol–water partition coefficient (Wildman–Crippen LogP) is 3.05. The lowest BCUT2D eigenvalue weighted by atomic mass is 9.89. The van der Waals surface area contributed by atoms with Gasteiger partial charge in [0.05, 0.1) is 11.2 Å². The van der Waals surface area contributed by atoms with Crippen LogP contribution in [0.3, 0.4) is 0 Å². The summed E-state index contributed by atoms with van der Waals surface area (Å²) < 4.78 is 11.9. The SMILES string of the molecule is CNCc1ccc(C=CB2OC(C)(C)C(C)(C)O2)cc1. The minimum absolute atomic E-state index is 0.279. The van der Waals surface area contributed by atoms with Gasteiger partial charge in [0.15, 0.2) is 0 Å². The highest BCUT2D eigenvalue weighted by Crippen LogP contribution is 2.36. The van der Waals surface area contributed by atoms with Crippen LogP contribution in [0.1, 0.15) is 38.8 Å². The Hall–Kier alpha value is -1.10. The molecule has 108 valence electrons. The maximum absolute atomic E-state index is 5.93. The van der Waals surface area contributed by atoms with Crippen LogP contribution in [0, 0.1) is 0 Å². The Morgan fingerprint density at radius 1 is 1.05 bits per heavy atom. The summed E-state index contributed by atoms with van der Waals surface area (Å²) in [6, 6.07) is 8.46. The minimum atomic E-state index is -0.281. The molecule has 0 atom stereocenters. The molecule has 0 aromatic heterocycles. The fourth-order valence-corrected chi connectivity index (χ4v) is 2.11.